The molecule has 3 fully saturated rings. The monoisotopic (exact) mass is 633 g/mol. The molecule has 12 heteroatoms. The molecule has 0 saturated carbocycles. The average Bonchev–Trinajstić information content (AvgIpc) is 3.57. The summed E-state index contributed by atoms with van der Waals surface area (Å²) in [7, 11) is 1.64. The van der Waals surface area contributed by atoms with Crippen molar-refractivity contribution in [2.75, 3.05) is 73.7 Å². The first kappa shape index (κ1) is 31.1. The van der Waals surface area contributed by atoms with Crippen LogP contribution in [0.4, 0.5) is 28.7 Å². The minimum absolute atomic E-state index is 0.0339. The van der Waals surface area contributed by atoms with E-state index in [1.54, 1.807) is 7.11 Å². The Morgan fingerprint density at radius 2 is 1.87 bits per heavy atom. The zero-order chi connectivity index (χ0) is 31.3. The fraction of sp³-hybridized carbons (Fsp3) is 0.424. The molecule has 3 aliphatic rings. The number of nitrogens with one attached hydrogen (secondary N) is 2. The van der Waals surface area contributed by atoms with Crippen molar-refractivity contribution < 1.29 is 19.1 Å². The predicted molar refractivity (Wildman–Crippen MR) is 177 cm³/mol. The topological polar surface area (TPSA) is 104 Å². The summed E-state index contributed by atoms with van der Waals surface area (Å²) in [4.78, 5) is 32.4. The summed E-state index contributed by atoms with van der Waals surface area (Å²) in [5, 5.41) is 8.93. The molecule has 0 spiro atoms. The second-order valence-electron chi connectivity index (χ2n) is 11.4. The van der Waals surface area contributed by atoms with E-state index in [4.69, 9.17) is 25.9 Å². The van der Waals surface area contributed by atoms with E-state index in [9.17, 15) is 4.79 Å². The van der Waals surface area contributed by atoms with E-state index in [0.29, 0.717) is 41.4 Å². The van der Waals surface area contributed by atoms with Gasteiger partial charge >= 0.3 is 0 Å². The SMILES string of the molecule is C=CC(=O)Nc1cc(Nc2cc(N3OCC[C@@H]3c3cccc(Cl)c3C)ncn2)c(OC)cc1N1CCC(N2CCOCC2)CC1. The highest BCUT2D eigenvalue weighted by Gasteiger charge is 2.31. The Kier molecular flexibility index (Phi) is 9.70. The normalized spacial score (nSPS) is 19.4. The third kappa shape index (κ3) is 6.86. The summed E-state index contributed by atoms with van der Waals surface area (Å²) in [6.45, 7) is 11.5. The van der Waals surface area contributed by atoms with Crippen molar-refractivity contribution in [3.8, 4) is 5.75 Å². The van der Waals surface area contributed by atoms with Crippen molar-refractivity contribution in [2.24, 2.45) is 0 Å². The zero-order valence-corrected chi connectivity index (χ0v) is 26.6. The molecular formula is C33H40ClN7O4. The van der Waals surface area contributed by atoms with Crippen LogP contribution in [-0.2, 0) is 14.4 Å². The highest BCUT2D eigenvalue weighted by Crippen LogP contribution is 2.41. The Balaban J connectivity index is 1.24. The summed E-state index contributed by atoms with van der Waals surface area (Å²) in [6, 6.07) is 12.1. The molecule has 4 heterocycles. The molecule has 0 unspecified atom stereocenters. The summed E-state index contributed by atoms with van der Waals surface area (Å²) in [6.07, 6.45) is 5.65. The number of carbonyl (C=O) groups is 1. The molecule has 1 atom stereocenters. The zero-order valence-electron chi connectivity index (χ0n) is 25.8. The molecule has 1 amide bonds. The maximum Gasteiger partial charge on any atom is 0.247 e. The van der Waals surface area contributed by atoms with Crippen molar-refractivity contribution in [1.82, 2.24) is 14.9 Å². The Hall–Kier alpha value is -3.90. The van der Waals surface area contributed by atoms with Crippen LogP contribution >= 0.6 is 11.6 Å². The number of carbonyl (C=O) groups excluding carboxylic acids is 1. The van der Waals surface area contributed by atoms with Gasteiger partial charge in [0.1, 0.15) is 17.9 Å². The van der Waals surface area contributed by atoms with Gasteiger partial charge in [0.15, 0.2) is 5.82 Å². The van der Waals surface area contributed by atoms with Crippen LogP contribution in [0.15, 0.2) is 55.4 Å². The number of benzene rings is 2. The lowest BCUT2D eigenvalue weighted by molar-refractivity contribution is -0.111. The fourth-order valence-corrected chi connectivity index (χ4v) is 6.61. The highest BCUT2D eigenvalue weighted by molar-refractivity contribution is 6.31. The number of rotatable bonds is 9. The number of methoxy groups -OCH3 is 1. The van der Waals surface area contributed by atoms with Gasteiger partial charge in [-0.1, -0.05) is 30.3 Å². The molecule has 3 aliphatic heterocycles. The van der Waals surface area contributed by atoms with Crippen LogP contribution in [0.25, 0.3) is 0 Å². The second-order valence-corrected chi connectivity index (χ2v) is 11.8. The van der Waals surface area contributed by atoms with Crippen molar-refractivity contribution in [3.05, 3.63) is 71.5 Å². The predicted octanol–water partition coefficient (Wildman–Crippen LogP) is 5.50. The van der Waals surface area contributed by atoms with Gasteiger partial charge in [0.05, 0.1) is 50.0 Å². The quantitative estimate of drug-likeness (QED) is 0.294. The van der Waals surface area contributed by atoms with E-state index < -0.39 is 0 Å². The molecule has 6 rings (SSSR count). The second kappa shape index (κ2) is 14.0. The van der Waals surface area contributed by atoms with Crippen LogP contribution in [0, 0.1) is 6.92 Å². The molecule has 0 aliphatic carbocycles. The van der Waals surface area contributed by atoms with Crippen LogP contribution in [-0.4, -0.2) is 79.9 Å². The Labute approximate surface area is 269 Å². The van der Waals surface area contributed by atoms with Crippen LogP contribution < -0.4 is 25.3 Å². The van der Waals surface area contributed by atoms with Crippen LogP contribution in [0.1, 0.15) is 36.4 Å². The van der Waals surface area contributed by atoms with Gasteiger partial charge in [0.25, 0.3) is 0 Å². The van der Waals surface area contributed by atoms with E-state index >= 15 is 0 Å². The average molecular weight is 634 g/mol. The van der Waals surface area contributed by atoms with Crippen molar-refractivity contribution in [2.45, 2.75) is 38.3 Å². The maximum absolute atomic E-state index is 12.5. The summed E-state index contributed by atoms with van der Waals surface area (Å²) < 4.78 is 11.4. The standard InChI is InChI=1S/C33H40ClN7O4/c1-4-33(42)38-26-18-27(30(43-3)19-29(26)40-11-8-23(9-12-40)39-13-16-44-17-14-39)37-31-20-32(36-21-35-31)41-28(10-15-45-41)24-6-5-7-25(34)22(24)2/h4-7,18-21,23,28H,1,8-17H2,2-3H3,(H,38,42)(H,35,36,37)/t28-/m1/s1. The third-order valence-corrected chi connectivity index (χ3v) is 9.25. The van der Waals surface area contributed by atoms with Gasteiger partial charge in [-0.05, 0) is 49.1 Å². The summed E-state index contributed by atoms with van der Waals surface area (Å²) in [5.74, 6) is 1.51. The van der Waals surface area contributed by atoms with E-state index in [-0.39, 0.29) is 11.9 Å². The molecule has 0 radical (unpaired) electrons. The summed E-state index contributed by atoms with van der Waals surface area (Å²) >= 11 is 6.44. The van der Waals surface area contributed by atoms with Gasteiger partial charge in [0, 0.05) is 55.8 Å². The number of morpholine rings is 1. The lowest BCUT2D eigenvalue weighted by Crippen LogP contribution is -2.49. The lowest BCUT2D eigenvalue weighted by atomic mass is 9.99. The number of hydrogen-bond acceptors (Lipinski definition) is 10. The maximum atomic E-state index is 12.5. The molecule has 3 aromatic rings. The Morgan fingerprint density at radius 1 is 1.07 bits per heavy atom. The van der Waals surface area contributed by atoms with Crippen molar-refractivity contribution >= 4 is 46.2 Å². The number of anilines is 5. The summed E-state index contributed by atoms with van der Waals surface area (Å²) in [5.41, 5.74) is 4.35. The van der Waals surface area contributed by atoms with Gasteiger partial charge in [0.2, 0.25) is 5.91 Å². The van der Waals surface area contributed by atoms with E-state index in [2.05, 4.69) is 43.0 Å². The number of piperidine rings is 1. The molecule has 11 nitrogen and oxygen atoms in total. The molecular weight excluding hydrogens is 594 g/mol. The largest absolute Gasteiger partial charge is 0.494 e. The first-order chi connectivity index (χ1) is 21.9. The van der Waals surface area contributed by atoms with Gasteiger partial charge in [-0.25, -0.2) is 15.0 Å². The van der Waals surface area contributed by atoms with Gasteiger partial charge in [-0.3, -0.25) is 14.5 Å². The first-order valence-corrected chi connectivity index (χ1v) is 15.8. The minimum atomic E-state index is -0.284. The number of hydroxylamine groups is 1. The number of aromatic nitrogens is 2. The van der Waals surface area contributed by atoms with Gasteiger partial charge < -0.3 is 25.0 Å². The van der Waals surface area contributed by atoms with Crippen LogP contribution in [0.3, 0.4) is 0 Å². The molecule has 238 valence electrons. The first-order valence-electron chi connectivity index (χ1n) is 15.4. The molecule has 3 saturated heterocycles. The minimum Gasteiger partial charge on any atom is -0.494 e. The Morgan fingerprint density at radius 3 is 2.62 bits per heavy atom. The van der Waals surface area contributed by atoms with Crippen LogP contribution in [0.2, 0.25) is 5.02 Å². The third-order valence-electron chi connectivity index (χ3n) is 8.84. The number of ether oxygens (including phenoxy) is 2. The Bertz CT molecular complexity index is 1520. The molecule has 0 bridgehead atoms. The lowest BCUT2D eigenvalue weighted by Gasteiger charge is -2.41. The molecule has 2 aromatic carbocycles. The van der Waals surface area contributed by atoms with E-state index in [0.717, 1.165) is 80.5 Å². The smallest absolute Gasteiger partial charge is 0.247 e. The van der Waals surface area contributed by atoms with Gasteiger partial charge in [-0.2, -0.15) is 0 Å². The van der Waals surface area contributed by atoms with Gasteiger partial charge in [-0.15, -0.1) is 0 Å². The molecule has 1 aromatic heterocycles. The van der Waals surface area contributed by atoms with Crippen molar-refractivity contribution in [3.63, 3.8) is 0 Å². The van der Waals surface area contributed by atoms with Crippen molar-refractivity contribution in [1.29, 1.82) is 0 Å². The van der Waals surface area contributed by atoms with E-state index in [1.165, 1.54) is 12.4 Å². The number of nitrogens with zero attached hydrogens (tertiary/aromatic N) is 5. The number of amides is 1. The fourth-order valence-electron chi connectivity index (χ4n) is 6.43. The van der Waals surface area contributed by atoms with E-state index in [1.807, 2.05) is 42.3 Å². The molecule has 45 heavy (non-hydrogen) atoms. The number of hydrogen-bond donors (Lipinski definition) is 2. The number of halogens is 1. The highest BCUT2D eigenvalue weighted by atomic mass is 35.5. The van der Waals surface area contributed by atoms with Crippen LogP contribution in [0.5, 0.6) is 5.75 Å². The molecule has 2 N–H and O–H groups in total.